The van der Waals surface area contributed by atoms with Gasteiger partial charge in [0, 0.05) is 17.4 Å². The van der Waals surface area contributed by atoms with Gasteiger partial charge in [0.25, 0.3) is 11.5 Å². The first-order valence-corrected chi connectivity index (χ1v) is 10.7. The van der Waals surface area contributed by atoms with E-state index in [0.29, 0.717) is 11.1 Å². The maximum Gasteiger partial charge on any atom is 0.278 e. The molecule has 1 aliphatic carbocycles. The van der Waals surface area contributed by atoms with E-state index in [9.17, 15) is 9.59 Å². The number of carbonyl (C=O) groups excluding carboxylic acids is 1. The van der Waals surface area contributed by atoms with Crippen molar-refractivity contribution < 1.29 is 4.79 Å². The number of aromatic nitrogens is 2. The van der Waals surface area contributed by atoms with Gasteiger partial charge in [-0.2, -0.15) is 0 Å². The predicted molar refractivity (Wildman–Crippen MR) is 117 cm³/mol. The number of hydrogen-bond donors (Lipinski definition) is 2. The van der Waals surface area contributed by atoms with Crippen LogP contribution >= 0.6 is 0 Å². The Hall–Kier alpha value is -3.28. The summed E-state index contributed by atoms with van der Waals surface area (Å²) in [4.78, 5) is 29.0. The molecule has 6 heteroatoms. The highest BCUT2D eigenvalue weighted by Gasteiger charge is 2.40. The van der Waals surface area contributed by atoms with Gasteiger partial charge in [-0.3, -0.25) is 14.7 Å². The van der Waals surface area contributed by atoms with E-state index in [1.807, 2.05) is 66.4 Å². The number of amides is 1. The molecule has 0 unspecified atom stereocenters. The van der Waals surface area contributed by atoms with Gasteiger partial charge in [-0.1, -0.05) is 49.6 Å². The minimum Gasteiger partial charge on any atom is -0.360 e. The molecular formula is C24H26N4O2. The van der Waals surface area contributed by atoms with E-state index in [1.165, 1.54) is 6.42 Å². The highest BCUT2D eigenvalue weighted by molar-refractivity contribution is 6.02. The number of nitrogens with one attached hydrogen (secondary N) is 2. The van der Waals surface area contributed by atoms with Crippen molar-refractivity contribution in [1.29, 1.82) is 0 Å². The second-order valence-electron chi connectivity index (χ2n) is 8.22. The standard InChI is InChI=1S/C24H26N4O2/c1-16-21(24(30)28(26-16)18-12-6-3-7-13-18)22-25-20-15-9-8-14-19(20)23(29)27(22)17-10-4-2-5-11-17/h3,6-9,12-15,17,22,25-26H,2,4-5,10-11H2,1H3/t22-/m1/s1. The summed E-state index contributed by atoms with van der Waals surface area (Å²) in [5.74, 6) is 0.00695. The molecule has 2 aliphatic rings. The van der Waals surface area contributed by atoms with Crippen LogP contribution in [0.4, 0.5) is 5.69 Å². The van der Waals surface area contributed by atoms with Crippen LogP contribution in [0.25, 0.3) is 5.69 Å². The monoisotopic (exact) mass is 402 g/mol. The summed E-state index contributed by atoms with van der Waals surface area (Å²) in [6, 6.07) is 17.3. The van der Waals surface area contributed by atoms with Gasteiger partial charge in [0.15, 0.2) is 0 Å². The van der Waals surface area contributed by atoms with E-state index >= 15 is 0 Å². The number of hydrogen-bond acceptors (Lipinski definition) is 3. The van der Waals surface area contributed by atoms with Crippen molar-refractivity contribution in [1.82, 2.24) is 14.7 Å². The highest BCUT2D eigenvalue weighted by atomic mass is 16.2. The van der Waals surface area contributed by atoms with E-state index in [1.54, 1.807) is 4.68 Å². The fraction of sp³-hybridized carbons (Fsp3) is 0.333. The third-order valence-corrected chi connectivity index (χ3v) is 6.34. The van der Waals surface area contributed by atoms with Crippen molar-refractivity contribution in [2.45, 2.75) is 51.2 Å². The fourth-order valence-electron chi connectivity index (χ4n) is 4.86. The van der Waals surface area contributed by atoms with Crippen LogP contribution in [0.15, 0.2) is 59.4 Å². The van der Waals surface area contributed by atoms with Crippen LogP contribution in [0.2, 0.25) is 0 Å². The molecule has 2 heterocycles. The molecule has 1 fully saturated rings. The van der Waals surface area contributed by atoms with Gasteiger partial charge < -0.3 is 10.2 Å². The van der Waals surface area contributed by atoms with Gasteiger partial charge >= 0.3 is 0 Å². The Bertz CT molecular complexity index is 1130. The number of aromatic amines is 1. The zero-order valence-corrected chi connectivity index (χ0v) is 17.1. The largest absolute Gasteiger partial charge is 0.360 e. The molecule has 6 nitrogen and oxygen atoms in total. The molecule has 154 valence electrons. The number of rotatable bonds is 3. The van der Waals surface area contributed by atoms with Crippen molar-refractivity contribution in [3.63, 3.8) is 0 Å². The Morgan fingerprint density at radius 1 is 0.900 bits per heavy atom. The molecule has 1 aromatic heterocycles. The Morgan fingerprint density at radius 3 is 2.37 bits per heavy atom. The normalized spacial score (nSPS) is 19.4. The summed E-state index contributed by atoms with van der Waals surface area (Å²) in [7, 11) is 0. The molecule has 0 radical (unpaired) electrons. The van der Waals surface area contributed by atoms with E-state index in [-0.39, 0.29) is 17.5 Å². The number of para-hydroxylation sites is 2. The average Bonchev–Trinajstić information content (AvgIpc) is 3.08. The van der Waals surface area contributed by atoms with E-state index < -0.39 is 6.17 Å². The van der Waals surface area contributed by atoms with Crippen LogP contribution < -0.4 is 10.9 Å². The third-order valence-electron chi connectivity index (χ3n) is 6.34. The predicted octanol–water partition coefficient (Wildman–Crippen LogP) is 4.37. The van der Waals surface area contributed by atoms with Gasteiger partial charge in [0.2, 0.25) is 0 Å². The minimum atomic E-state index is -0.482. The van der Waals surface area contributed by atoms with Crippen LogP contribution in [0.5, 0.6) is 0 Å². The molecule has 0 saturated heterocycles. The number of H-pyrrole nitrogens is 1. The first-order valence-electron chi connectivity index (χ1n) is 10.7. The van der Waals surface area contributed by atoms with Crippen molar-refractivity contribution >= 4 is 11.6 Å². The number of nitrogens with zero attached hydrogens (tertiary/aromatic N) is 2. The van der Waals surface area contributed by atoms with E-state index in [4.69, 9.17) is 0 Å². The van der Waals surface area contributed by atoms with Crippen LogP contribution in [-0.4, -0.2) is 26.6 Å². The lowest BCUT2D eigenvalue weighted by molar-refractivity contribution is 0.0522. The van der Waals surface area contributed by atoms with Gasteiger partial charge in [0.05, 0.1) is 16.8 Å². The molecule has 1 aliphatic heterocycles. The molecule has 2 N–H and O–H groups in total. The van der Waals surface area contributed by atoms with Crippen LogP contribution in [-0.2, 0) is 0 Å². The zero-order chi connectivity index (χ0) is 20.7. The van der Waals surface area contributed by atoms with Crippen molar-refractivity contribution in [2.24, 2.45) is 0 Å². The number of fused-ring (bicyclic) bond motifs is 1. The molecule has 1 amide bonds. The summed E-state index contributed by atoms with van der Waals surface area (Å²) >= 11 is 0. The van der Waals surface area contributed by atoms with Crippen molar-refractivity contribution in [3.8, 4) is 5.69 Å². The lowest BCUT2D eigenvalue weighted by Crippen LogP contribution is -2.50. The zero-order valence-electron chi connectivity index (χ0n) is 17.1. The topological polar surface area (TPSA) is 70.1 Å². The number of carbonyl (C=O) groups is 1. The molecule has 0 spiro atoms. The van der Waals surface area contributed by atoms with E-state index in [2.05, 4.69) is 10.4 Å². The van der Waals surface area contributed by atoms with E-state index in [0.717, 1.165) is 42.8 Å². The number of anilines is 1. The SMILES string of the molecule is Cc1[nH]n(-c2ccccc2)c(=O)c1[C@@H]1Nc2ccccc2C(=O)N1C1CCCCC1. The third kappa shape index (κ3) is 3.03. The molecule has 30 heavy (non-hydrogen) atoms. The first-order chi connectivity index (χ1) is 14.6. The second-order valence-corrected chi connectivity index (χ2v) is 8.22. The summed E-state index contributed by atoms with van der Waals surface area (Å²) in [5, 5.41) is 6.72. The van der Waals surface area contributed by atoms with Crippen LogP contribution in [0.1, 0.15) is 59.9 Å². The summed E-state index contributed by atoms with van der Waals surface area (Å²) in [6.45, 7) is 1.90. The van der Waals surface area contributed by atoms with Gasteiger partial charge in [-0.15, -0.1) is 0 Å². The molecule has 1 atom stereocenters. The van der Waals surface area contributed by atoms with Gasteiger partial charge in [0.1, 0.15) is 6.17 Å². The molecule has 2 aromatic carbocycles. The average molecular weight is 402 g/mol. The molecule has 5 rings (SSSR count). The second kappa shape index (κ2) is 7.52. The Balaban J connectivity index is 1.64. The Morgan fingerprint density at radius 2 is 1.60 bits per heavy atom. The van der Waals surface area contributed by atoms with Gasteiger partial charge in [-0.05, 0) is 44.0 Å². The molecule has 1 saturated carbocycles. The highest BCUT2D eigenvalue weighted by Crippen LogP contribution is 2.37. The summed E-state index contributed by atoms with van der Waals surface area (Å²) in [6.07, 6.45) is 4.90. The molecule has 0 bridgehead atoms. The minimum absolute atomic E-state index is 0.00695. The fourth-order valence-corrected chi connectivity index (χ4v) is 4.86. The first kappa shape index (κ1) is 18.7. The Kier molecular flexibility index (Phi) is 4.69. The lowest BCUT2D eigenvalue weighted by Gasteiger charge is -2.43. The maximum absolute atomic E-state index is 13.6. The smallest absolute Gasteiger partial charge is 0.278 e. The molecular weight excluding hydrogens is 376 g/mol. The number of aryl methyl sites for hydroxylation is 1. The summed E-state index contributed by atoms with van der Waals surface area (Å²) in [5.41, 5.74) is 3.50. The Labute approximate surface area is 175 Å². The van der Waals surface area contributed by atoms with Crippen molar-refractivity contribution in [2.75, 3.05) is 5.32 Å². The van der Waals surface area contributed by atoms with Gasteiger partial charge in [-0.25, -0.2) is 4.68 Å². The summed E-state index contributed by atoms with van der Waals surface area (Å²) < 4.78 is 1.57. The van der Waals surface area contributed by atoms with Crippen molar-refractivity contribution in [3.05, 3.63) is 81.8 Å². The number of benzene rings is 2. The van der Waals surface area contributed by atoms with Crippen LogP contribution in [0, 0.1) is 6.92 Å². The lowest BCUT2D eigenvalue weighted by atomic mass is 9.91. The van der Waals surface area contributed by atoms with Crippen LogP contribution in [0.3, 0.4) is 0 Å². The quantitative estimate of drug-likeness (QED) is 0.683. The molecule has 3 aromatic rings. The maximum atomic E-state index is 13.6.